The van der Waals surface area contributed by atoms with Crippen molar-refractivity contribution in [2.24, 2.45) is 5.92 Å². The summed E-state index contributed by atoms with van der Waals surface area (Å²) in [5, 5.41) is 5.62. The van der Waals surface area contributed by atoms with Crippen molar-refractivity contribution in [2.75, 3.05) is 37.4 Å². The minimum Gasteiger partial charge on any atom is -0.383 e. The van der Waals surface area contributed by atoms with Crippen molar-refractivity contribution < 1.29 is 19.1 Å². The molecule has 0 aromatic heterocycles. The van der Waals surface area contributed by atoms with Gasteiger partial charge in [0.25, 0.3) is 0 Å². The zero-order chi connectivity index (χ0) is 18.4. The molecule has 7 heteroatoms. The van der Waals surface area contributed by atoms with E-state index in [9.17, 15) is 14.4 Å². The highest BCUT2D eigenvalue weighted by Gasteiger charge is 2.34. The number of aryl methyl sites for hydroxylation is 1. The Hall–Kier alpha value is -2.41. The lowest BCUT2D eigenvalue weighted by Gasteiger charge is -2.17. The number of ether oxygens (including phenoxy) is 1. The summed E-state index contributed by atoms with van der Waals surface area (Å²) in [5.41, 5.74) is 2.27. The second-order valence-corrected chi connectivity index (χ2v) is 6.13. The number of anilines is 2. The standard InChI is InChI=1S/C18H25N3O4/c1-4-13-5-6-15(19-12(2)22)10-16(13)20-18(24)14-9-17(23)21(11-14)7-8-25-3/h5-6,10,14H,4,7-9,11H2,1-3H3,(H,19,22)(H,20,24). The molecule has 0 aliphatic carbocycles. The lowest BCUT2D eigenvalue weighted by Crippen LogP contribution is -2.31. The predicted octanol–water partition coefficient (Wildman–Crippen LogP) is 1.64. The Morgan fingerprint density at radius 3 is 2.72 bits per heavy atom. The zero-order valence-electron chi connectivity index (χ0n) is 14.9. The average molecular weight is 347 g/mol. The van der Waals surface area contributed by atoms with Gasteiger partial charge in [-0.1, -0.05) is 13.0 Å². The number of carbonyl (C=O) groups excluding carboxylic acids is 3. The van der Waals surface area contributed by atoms with Gasteiger partial charge in [-0.2, -0.15) is 0 Å². The third-order valence-electron chi connectivity index (χ3n) is 4.22. The van der Waals surface area contributed by atoms with Gasteiger partial charge in [-0.25, -0.2) is 0 Å². The van der Waals surface area contributed by atoms with Crippen LogP contribution >= 0.6 is 0 Å². The summed E-state index contributed by atoms with van der Waals surface area (Å²) in [6.07, 6.45) is 0.960. The summed E-state index contributed by atoms with van der Waals surface area (Å²) in [7, 11) is 1.58. The van der Waals surface area contributed by atoms with Crippen LogP contribution in [0, 0.1) is 5.92 Å². The molecule has 7 nitrogen and oxygen atoms in total. The molecule has 1 aliphatic rings. The first-order chi connectivity index (χ1) is 11.9. The molecule has 1 aromatic rings. The molecule has 2 N–H and O–H groups in total. The van der Waals surface area contributed by atoms with Gasteiger partial charge in [0.2, 0.25) is 17.7 Å². The van der Waals surface area contributed by atoms with Crippen LogP contribution < -0.4 is 10.6 Å². The Morgan fingerprint density at radius 2 is 2.08 bits per heavy atom. The average Bonchev–Trinajstić information content (AvgIpc) is 2.93. The van der Waals surface area contributed by atoms with E-state index in [2.05, 4.69) is 10.6 Å². The van der Waals surface area contributed by atoms with E-state index >= 15 is 0 Å². The number of benzene rings is 1. The van der Waals surface area contributed by atoms with Crippen LogP contribution in [0.5, 0.6) is 0 Å². The topological polar surface area (TPSA) is 87.7 Å². The van der Waals surface area contributed by atoms with Gasteiger partial charge in [-0.3, -0.25) is 14.4 Å². The number of hydrogen-bond donors (Lipinski definition) is 2. The van der Waals surface area contributed by atoms with Crippen molar-refractivity contribution in [1.29, 1.82) is 0 Å². The maximum atomic E-state index is 12.6. The van der Waals surface area contributed by atoms with Crippen LogP contribution in [-0.4, -0.2) is 49.4 Å². The molecule has 2 rings (SSSR count). The Labute approximate surface area is 147 Å². The van der Waals surface area contributed by atoms with E-state index in [0.717, 1.165) is 12.0 Å². The molecule has 25 heavy (non-hydrogen) atoms. The van der Waals surface area contributed by atoms with Crippen molar-refractivity contribution in [3.05, 3.63) is 23.8 Å². The van der Waals surface area contributed by atoms with Gasteiger partial charge in [0, 0.05) is 44.9 Å². The van der Waals surface area contributed by atoms with E-state index in [1.165, 1.54) is 6.92 Å². The number of nitrogens with zero attached hydrogens (tertiary/aromatic N) is 1. The number of carbonyl (C=O) groups is 3. The van der Waals surface area contributed by atoms with Crippen LogP contribution in [-0.2, 0) is 25.5 Å². The minimum absolute atomic E-state index is 0.0279. The Balaban J connectivity index is 2.07. The molecular formula is C18H25N3O4. The van der Waals surface area contributed by atoms with Crippen molar-refractivity contribution in [1.82, 2.24) is 4.90 Å². The minimum atomic E-state index is -0.376. The highest BCUT2D eigenvalue weighted by molar-refractivity contribution is 5.98. The maximum Gasteiger partial charge on any atom is 0.229 e. The zero-order valence-corrected chi connectivity index (χ0v) is 14.9. The van der Waals surface area contributed by atoms with Crippen molar-refractivity contribution in [3.8, 4) is 0 Å². The highest BCUT2D eigenvalue weighted by atomic mass is 16.5. The molecule has 0 radical (unpaired) electrons. The van der Waals surface area contributed by atoms with E-state index in [1.807, 2.05) is 19.1 Å². The summed E-state index contributed by atoms with van der Waals surface area (Å²) >= 11 is 0. The lowest BCUT2D eigenvalue weighted by molar-refractivity contribution is -0.128. The lowest BCUT2D eigenvalue weighted by atomic mass is 10.1. The van der Waals surface area contributed by atoms with Crippen molar-refractivity contribution in [3.63, 3.8) is 0 Å². The van der Waals surface area contributed by atoms with E-state index in [0.29, 0.717) is 31.1 Å². The summed E-state index contributed by atoms with van der Waals surface area (Å²) in [4.78, 5) is 37.4. The largest absolute Gasteiger partial charge is 0.383 e. The van der Waals surface area contributed by atoms with Gasteiger partial charge in [0.15, 0.2) is 0 Å². The second-order valence-electron chi connectivity index (χ2n) is 6.13. The Morgan fingerprint density at radius 1 is 1.32 bits per heavy atom. The molecular weight excluding hydrogens is 322 g/mol. The van der Waals surface area contributed by atoms with Crippen molar-refractivity contribution in [2.45, 2.75) is 26.7 Å². The highest BCUT2D eigenvalue weighted by Crippen LogP contribution is 2.24. The van der Waals surface area contributed by atoms with E-state index in [4.69, 9.17) is 4.74 Å². The smallest absolute Gasteiger partial charge is 0.229 e. The first-order valence-electron chi connectivity index (χ1n) is 8.42. The summed E-state index contributed by atoms with van der Waals surface area (Å²) < 4.78 is 4.99. The number of methoxy groups -OCH3 is 1. The molecule has 0 bridgehead atoms. The summed E-state index contributed by atoms with van der Waals surface area (Å²) in [6.45, 7) is 4.79. The van der Waals surface area contributed by atoms with Crippen LogP contribution in [0.15, 0.2) is 18.2 Å². The fourth-order valence-corrected chi connectivity index (χ4v) is 2.88. The first-order valence-corrected chi connectivity index (χ1v) is 8.42. The molecule has 1 saturated heterocycles. The normalized spacial score (nSPS) is 16.8. The van der Waals surface area contributed by atoms with E-state index in [1.54, 1.807) is 18.1 Å². The van der Waals surface area contributed by atoms with Crippen LogP contribution in [0.3, 0.4) is 0 Å². The summed E-state index contributed by atoms with van der Waals surface area (Å²) in [5.74, 6) is -0.752. The van der Waals surface area contributed by atoms with Crippen LogP contribution in [0.4, 0.5) is 11.4 Å². The molecule has 1 heterocycles. The quantitative estimate of drug-likeness (QED) is 0.785. The maximum absolute atomic E-state index is 12.6. The fourth-order valence-electron chi connectivity index (χ4n) is 2.88. The van der Waals surface area contributed by atoms with Gasteiger partial charge < -0.3 is 20.3 Å². The number of nitrogens with one attached hydrogen (secondary N) is 2. The van der Waals surface area contributed by atoms with Gasteiger partial charge in [-0.15, -0.1) is 0 Å². The van der Waals surface area contributed by atoms with Gasteiger partial charge >= 0.3 is 0 Å². The fraction of sp³-hybridized carbons (Fsp3) is 0.500. The predicted molar refractivity (Wildman–Crippen MR) is 95.3 cm³/mol. The number of likely N-dealkylation sites (tertiary alicyclic amines) is 1. The van der Waals surface area contributed by atoms with E-state index < -0.39 is 0 Å². The molecule has 136 valence electrons. The molecule has 3 amide bonds. The van der Waals surface area contributed by atoms with Crippen molar-refractivity contribution >= 4 is 29.1 Å². The van der Waals surface area contributed by atoms with Crippen LogP contribution in [0.2, 0.25) is 0 Å². The molecule has 1 fully saturated rings. The van der Waals surface area contributed by atoms with E-state index in [-0.39, 0.29) is 30.1 Å². The molecule has 1 aliphatic heterocycles. The molecule has 1 aromatic carbocycles. The SMILES string of the molecule is CCc1ccc(NC(C)=O)cc1NC(=O)C1CC(=O)N(CCOC)C1. The van der Waals surface area contributed by atoms with Crippen LogP contribution in [0.1, 0.15) is 25.8 Å². The number of hydrogen-bond acceptors (Lipinski definition) is 4. The van der Waals surface area contributed by atoms with Gasteiger partial charge in [0.1, 0.15) is 0 Å². The van der Waals surface area contributed by atoms with Crippen LogP contribution in [0.25, 0.3) is 0 Å². The third kappa shape index (κ3) is 5.03. The first kappa shape index (κ1) is 18.9. The molecule has 1 atom stereocenters. The Kier molecular flexibility index (Phi) is 6.52. The molecule has 0 saturated carbocycles. The molecule has 0 spiro atoms. The van der Waals surface area contributed by atoms with Gasteiger partial charge in [0.05, 0.1) is 12.5 Å². The number of rotatable bonds is 7. The summed E-state index contributed by atoms with van der Waals surface area (Å²) in [6, 6.07) is 5.44. The monoisotopic (exact) mass is 347 g/mol. The second kappa shape index (κ2) is 8.62. The number of amides is 3. The third-order valence-corrected chi connectivity index (χ3v) is 4.22. The van der Waals surface area contributed by atoms with Gasteiger partial charge in [-0.05, 0) is 24.1 Å². The molecule has 1 unspecified atom stereocenters. The Bertz CT molecular complexity index is 660.